The maximum Gasteiger partial charge on any atom is 0.246 e. The lowest BCUT2D eigenvalue weighted by atomic mass is 10.1. The highest BCUT2D eigenvalue weighted by Gasteiger charge is 2.21. The van der Waals surface area contributed by atoms with Gasteiger partial charge in [-0.05, 0) is 25.0 Å². The molecule has 1 aliphatic heterocycles. The molecule has 3 heteroatoms. The predicted octanol–water partition coefficient (Wildman–Crippen LogP) is 1.57. The van der Waals surface area contributed by atoms with Crippen molar-refractivity contribution < 1.29 is 4.79 Å². The van der Waals surface area contributed by atoms with Crippen LogP contribution in [0.1, 0.15) is 17.5 Å². The number of nitrogens with two attached hydrogens (primary N) is 1. The number of nitrogens with zero attached hydrogens (tertiary/aromatic N) is 1. The molecule has 90 valence electrons. The Balaban J connectivity index is 1.96. The molecule has 0 aromatic heterocycles. The van der Waals surface area contributed by atoms with Crippen molar-refractivity contribution in [2.75, 3.05) is 13.1 Å². The first-order valence-corrected chi connectivity index (χ1v) is 5.94. The third-order valence-electron chi connectivity index (χ3n) is 3.03. The van der Waals surface area contributed by atoms with Gasteiger partial charge in [-0.1, -0.05) is 29.8 Å². The Hall–Kier alpha value is -1.61. The summed E-state index contributed by atoms with van der Waals surface area (Å²) in [6.07, 6.45) is 4.39. The van der Waals surface area contributed by atoms with E-state index in [0.29, 0.717) is 6.54 Å². The van der Waals surface area contributed by atoms with Crippen LogP contribution < -0.4 is 5.73 Å². The minimum absolute atomic E-state index is 0.0542. The second kappa shape index (κ2) is 5.15. The van der Waals surface area contributed by atoms with Gasteiger partial charge in [0.1, 0.15) is 0 Å². The SMILES string of the molecule is Cc1ccc(/C=C/C(=O)N2CCC(N)C2)cc1. The summed E-state index contributed by atoms with van der Waals surface area (Å²) in [5.41, 5.74) is 8.04. The molecule has 1 aliphatic rings. The van der Waals surface area contributed by atoms with Gasteiger partial charge in [0.2, 0.25) is 5.91 Å². The van der Waals surface area contributed by atoms with Gasteiger partial charge in [0, 0.05) is 25.2 Å². The first-order valence-electron chi connectivity index (χ1n) is 5.94. The first-order chi connectivity index (χ1) is 8.15. The Morgan fingerprint density at radius 1 is 1.41 bits per heavy atom. The molecule has 0 radical (unpaired) electrons. The molecule has 1 aromatic carbocycles. The first kappa shape index (κ1) is 11.9. The van der Waals surface area contributed by atoms with Crippen molar-refractivity contribution in [3.63, 3.8) is 0 Å². The largest absolute Gasteiger partial charge is 0.338 e. The van der Waals surface area contributed by atoms with Crippen LogP contribution in [0.5, 0.6) is 0 Å². The van der Waals surface area contributed by atoms with E-state index in [9.17, 15) is 4.79 Å². The van der Waals surface area contributed by atoms with Crippen LogP contribution in [0, 0.1) is 6.92 Å². The van der Waals surface area contributed by atoms with E-state index in [1.165, 1.54) is 5.56 Å². The normalized spacial score (nSPS) is 20.1. The average Bonchev–Trinajstić information content (AvgIpc) is 2.75. The lowest BCUT2D eigenvalue weighted by molar-refractivity contribution is -0.124. The van der Waals surface area contributed by atoms with E-state index in [1.54, 1.807) is 11.0 Å². The molecular weight excluding hydrogens is 212 g/mol. The molecule has 0 saturated carbocycles. The van der Waals surface area contributed by atoms with E-state index in [4.69, 9.17) is 5.73 Å². The van der Waals surface area contributed by atoms with Gasteiger partial charge in [-0.15, -0.1) is 0 Å². The highest BCUT2D eigenvalue weighted by Crippen LogP contribution is 2.09. The summed E-state index contributed by atoms with van der Waals surface area (Å²) in [6.45, 7) is 3.50. The Morgan fingerprint density at radius 2 is 2.12 bits per heavy atom. The molecule has 3 nitrogen and oxygen atoms in total. The fourth-order valence-electron chi connectivity index (χ4n) is 1.94. The molecule has 1 fully saturated rings. The summed E-state index contributed by atoms with van der Waals surface area (Å²) < 4.78 is 0. The molecule has 0 bridgehead atoms. The summed E-state index contributed by atoms with van der Waals surface area (Å²) in [5.74, 6) is 0.0542. The molecule has 1 amide bonds. The van der Waals surface area contributed by atoms with Crippen LogP contribution in [-0.4, -0.2) is 29.9 Å². The molecule has 2 N–H and O–H groups in total. The van der Waals surface area contributed by atoms with Crippen molar-refractivity contribution >= 4 is 12.0 Å². The summed E-state index contributed by atoms with van der Waals surface area (Å²) >= 11 is 0. The zero-order chi connectivity index (χ0) is 12.3. The molecule has 17 heavy (non-hydrogen) atoms. The Bertz CT molecular complexity index is 422. The summed E-state index contributed by atoms with van der Waals surface area (Å²) in [4.78, 5) is 13.6. The maximum atomic E-state index is 11.8. The lowest BCUT2D eigenvalue weighted by Gasteiger charge is -2.12. The Labute approximate surface area is 102 Å². The van der Waals surface area contributed by atoms with Crippen LogP contribution in [0.25, 0.3) is 6.08 Å². The van der Waals surface area contributed by atoms with E-state index >= 15 is 0 Å². The number of amides is 1. The maximum absolute atomic E-state index is 11.8. The van der Waals surface area contributed by atoms with E-state index in [1.807, 2.05) is 37.3 Å². The molecule has 0 spiro atoms. The fourth-order valence-corrected chi connectivity index (χ4v) is 1.94. The monoisotopic (exact) mass is 230 g/mol. The topological polar surface area (TPSA) is 46.3 Å². The number of benzene rings is 1. The van der Waals surface area contributed by atoms with Crippen molar-refractivity contribution in [1.29, 1.82) is 0 Å². The number of carbonyl (C=O) groups is 1. The lowest BCUT2D eigenvalue weighted by Crippen LogP contribution is -2.30. The standard InChI is InChI=1S/C14H18N2O/c1-11-2-4-12(5-3-11)6-7-14(17)16-9-8-13(15)10-16/h2-7,13H,8-10,15H2,1H3/b7-6+. The zero-order valence-corrected chi connectivity index (χ0v) is 10.1. The average molecular weight is 230 g/mol. The predicted molar refractivity (Wildman–Crippen MR) is 69.4 cm³/mol. The van der Waals surface area contributed by atoms with Crippen molar-refractivity contribution in [2.24, 2.45) is 5.73 Å². The van der Waals surface area contributed by atoms with E-state index in [2.05, 4.69) is 0 Å². The number of aryl methyl sites for hydroxylation is 1. The third-order valence-corrected chi connectivity index (χ3v) is 3.03. The van der Waals surface area contributed by atoms with Crippen LogP contribution in [0.4, 0.5) is 0 Å². The van der Waals surface area contributed by atoms with E-state index < -0.39 is 0 Å². The van der Waals surface area contributed by atoms with Crippen molar-refractivity contribution in [3.05, 3.63) is 41.5 Å². The molecular formula is C14H18N2O. The number of carbonyl (C=O) groups excluding carboxylic acids is 1. The van der Waals surface area contributed by atoms with Gasteiger partial charge < -0.3 is 10.6 Å². The van der Waals surface area contributed by atoms with Crippen molar-refractivity contribution in [3.8, 4) is 0 Å². The molecule has 0 aliphatic carbocycles. The minimum atomic E-state index is 0.0542. The molecule has 1 atom stereocenters. The molecule has 1 heterocycles. The highest BCUT2D eigenvalue weighted by molar-refractivity contribution is 5.92. The van der Waals surface area contributed by atoms with Gasteiger partial charge in [-0.3, -0.25) is 4.79 Å². The van der Waals surface area contributed by atoms with Gasteiger partial charge in [0.15, 0.2) is 0 Å². The van der Waals surface area contributed by atoms with Crippen molar-refractivity contribution in [1.82, 2.24) is 4.90 Å². The number of likely N-dealkylation sites (tertiary alicyclic amines) is 1. The molecule has 1 unspecified atom stereocenters. The highest BCUT2D eigenvalue weighted by atomic mass is 16.2. The fraction of sp³-hybridized carbons (Fsp3) is 0.357. The molecule has 1 aromatic rings. The van der Waals surface area contributed by atoms with Gasteiger partial charge in [0.05, 0.1) is 0 Å². The molecule has 2 rings (SSSR count). The Morgan fingerprint density at radius 3 is 2.71 bits per heavy atom. The van der Waals surface area contributed by atoms with Crippen LogP contribution in [0.2, 0.25) is 0 Å². The van der Waals surface area contributed by atoms with Crippen LogP contribution in [-0.2, 0) is 4.79 Å². The second-order valence-electron chi connectivity index (χ2n) is 4.58. The van der Waals surface area contributed by atoms with Crippen LogP contribution in [0.3, 0.4) is 0 Å². The second-order valence-corrected chi connectivity index (χ2v) is 4.58. The number of hydrogen-bond donors (Lipinski definition) is 1. The molecule has 1 saturated heterocycles. The number of hydrogen-bond acceptors (Lipinski definition) is 2. The summed E-state index contributed by atoms with van der Waals surface area (Å²) in [7, 11) is 0. The summed E-state index contributed by atoms with van der Waals surface area (Å²) in [5, 5.41) is 0. The van der Waals surface area contributed by atoms with E-state index in [-0.39, 0.29) is 11.9 Å². The van der Waals surface area contributed by atoms with Crippen LogP contribution in [0.15, 0.2) is 30.3 Å². The van der Waals surface area contributed by atoms with Crippen LogP contribution >= 0.6 is 0 Å². The van der Waals surface area contributed by atoms with Crippen molar-refractivity contribution in [2.45, 2.75) is 19.4 Å². The van der Waals surface area contributed by atoms with E-state index in [0.717, 1.165) is 18.5 Å². The Kier molecular flexibility index (Phi) is 3.59. The minimum Gasteiger partial charge on any atom is -0.338 e. The van der Waals surface area contributed by atoms with Gasteiger partial charge in [0.25, 0.3) is 0 Å². The quantitative estimate of drug-likeness (QED) is 0.784. The smallest absolute Gasteiger partial charge is 0.246 e. The van der Waals surface area contributed by atoms with Gasteiger partial charge in [-0.2, -0.15) is 0 Å². The van der Waals surface area contributed by atoms with Gasteiger partial charge in [-0.25, -0.2) is 0 Å². The summed E-state index contributed by atoms with van der Waals surface area (Å²) in [6, 6.07) is 8.24. The zero-order valence-electron chi connectivity index (χ0n) is 10.1. The van der Waals surface area contributed by atoms with Gasteiger partial charge >= 0.3 is 0 Å². The number of rotatable bonds is 2. The third kappa shape index (κ3) is 3.17.